The smallest absolute Gasteiger partial charge is 0.357 e. The Morgan fingerprint density at radius 3 is 2.70 bits per heavy atom. The number of ether oxygens (including phenoxy) is 2. The summed E-state index contributed by atoms with van der Waals surface area (Å²) in [5, 5.41) is 13.6. The van der Waals surface area contributed by atoms with Gasteiger partial charge in [0.15, 0.2) is 16.6 Å². The van der Waals surface area contributed by atoms with Crippen LogP contribution in [0.4, 0.5) is 10.9 Å². The number of hydrogen-bond donors (Lipinski definition) is 1. The van der Waals surface area contributed by atoms with Crippen molar-refractivity contribution in [3.63, 3.8) is 0 Å². The topological polar surface area (TPSA) is 107 Å². The van der Waals surface area contributed by atoms with Gasteiger partial charge in [-0.3, -0.25) is 4.79 Å². The van der Waals surface area contributed by atoms with Gasteiger partial charge in [0.25, 0.3) is 0 Å². The number of benzene rings is 1. The van der Waals surface area contributed by atoms with Crippen LogP contribution < -0.4 is 15.0 Å². The molecular formula is C23H25N5O4S. The van der Waals surface area contributed by atoms with E-state index in [2.05, 4.69) is 25.4 Å². The lowest BCUT2D eigenvalue weighted by molar-refractivity contribution is -0.120. The number of nitrogens with one attached hydrogen (secondary N) is 1. The highest BCUT2D eigenvalue weighted by atomic mass is 32.1. The molecule has 0 spiro atoms. The molecule has 0 aliphatic carbocycles. The van der Waals surface area contributed by atoms with Crippen LogP contribution in [-0.2, 0) is 9.53 Å². The number of rotatable bonds is 7. The minimum Gasteiger partial charge on any atom is -0.497 e. The number of carbonyl (C=O) groups is 2. The van der Waals surface area contributed by atoms with E-state index in [9.17, 15) is 9.59 Å². The van der Waals surface area contributed by atoms with Gasteiger partial charge in [-0.15, -0.1) is 21.5 Å². The number of methoxy groups -OCH3 is 1. The molecule has 1 aliphatic heterocycles. The highest BCUT2D eigenvalue weighted by Crippen LogP contribution is 2.26. The van der Waals surface area contributed by atoms with E-state index < -0.39 is 5.97 Å². The largest absolute Gasteiger partial charge is 0.497 e. The van der Waals surface area contributed by atoms with E-state index in [4.69, 9.17) is 9.47 Å². The number of piperidine rings is 1. The standard InChI is InChI=1S/C23H25N5O4S/c1-3-32-22(30)19-14-33-23(24-19)25-21(29)16-5-4-12-28(13-16)20-11-10-18(26-27-20)15-6-8-17(31-2)9-7-15/h6-11,14,16H,3-5,12-13H2,1-2H3,(H,24,25,29). The van der Waals surface area contributed by atoms with Gasteiger partial charge in [-0.05, 0) is 56.2 Å². The highest BCUT2D eigenvalue weighted by molar-refractivity contribution is 7.14. The predicted molar refractivity (Wildman–Crippen MR) is 126 cm³/mol. The average molecular weight is 468 g/mol. The van der Waals surface area contributed by atoms with E-state index in [0.717, 1.165) is 42.2 Å². The van der Waals surface area contributed by atoms with Crippen molar-refractivity contribution in [1.29, 1.82) is 0 Å². The molecule has 2 aromatic heterocycles. The maximum Gasteiger partial charge on any atom is 0.357 e. The third kappa shape index (κ3) is 5.46. The fourth-order valence-corrected chi connectivity index (χ4v) is 4.33. The molecule has 0 bridgehead atoms. The Balaban J connectivity index is 1.37. The van der Waals surface area contributed by atoms with Crippen LogP contribution in [0.15, 0.2) is 41.8 Å². The molecule has 1 aliphatic rings. The van der Waals surface area contributed by atoms with Crippen molar-refractivity contribution >= 4 is 34.2 Å². The van der Waals surface area contributed by atoms with Gasteiger partial charge in [-0.25, -0.2) is 9.78 Å². The summed E-state index contributed by atoms with van der Waals surface area (Å²) in [4.78, 5) is 30.8. The highest BCUT2D eigenvalue weighted by Gasteiger charge is 2.27. The van der Waals surface area contributed by atoms with E-state index in [1.54, 1.807) is 19.4 Å². The second-order valence-electron chi connectivity index (χ2n) is 7.54. The molecule has 33 heavy (non-hydrogen) atoms. The third-order valence-electron chi connectivity index (χ3n) is 5.37. The minimum absolute atomic E-state index is 0.118. The summed E-state index contributed by atoms with van der Waals surface area (Å²) in [6.07, 6.45) is 1.64. The quantitative estimate of drug-likeness (QED) is 0.525. The monoisotopic (exact) mass is 467 g/mol. The van der Waals surface area contributed by atoms with Crippen molar-refractivity contribution < 1.29 is 19.1 Å². The Bertz CT molecular complexity index is 1100. The lowest BCUT2D eigenvalue weighted by atomic mass is 9.97. The predicted octanol–water partition coefficient (Wildman–Crippen LogP) is 3.64. The lowest BCUT2D eigenvalue weighted by Gasteiger charge is -2.32. The van der Waals surface area contributed by atoms with Crippen LogP contribution in [0.5, 0.6) is 5.75 Å². The number of carbonyl (C=O) groups excluding carboxylic acids is 2. The summed E-state index contributed by atoms with van der Waals surface area (Å²) >= 11 is 1.21. The molecule has 1 unspecified atom stereocenters. The number of hydrogen-bond acceptors (Lipinski definition) is 9. The van der Waals surface area contributed by atoms with Crippen LogP contribution >= 0.6 is 11.3 Å². The Kier molecular flexibility index (Phi) is 7.13. The van der Waals surface area contributed by atoms with Crippen molar-refractivity contribution in [3.8, 4) is 17.0 Å². The normalized spacial score (nSPS) is 15.7. The fourth-order valence-electron chi connectivity index (χ4n) is 3.65. The maximum atomic E-state index is 12.8. The van der Waals surface area contributed by atoms with Gasteiger partial charge in [0.1, 0.15) is 5.75 Å². The molecule has 172 valence electrons. The number of esters is 1. The first-order chi connectivity index (χ1) is 16.1. The van der Waals surface area contributed by atoms with Gasteiger partial charge in [-0.1, -0.05) is 0 Å². The van der Waals surface area contributed by atoms with Crippen molar-refractivity contribution in [2.75, 3.05) is 37.0 Å². The first kappa shape index (κ1) is 22.7. The molecule has 3 aromatic rings. The molecule has 1 fully saturated rings. The van der Waals surface area contributed by atoms with Crippen LogP contribution in [0, 0.1) is 5.92 Å². The molecule has 0 saturated carbocycles. The zero-order valence-electron chi connectivity index (χ0n) is 18.5. The van der Waals surface area contributed by atoms with E-state index >= 15 is 0 Å². The first-order valence-electron chi connectivity index (χ1n) is 10.7. The van der Waals surface area contributed by atoms with Gasteiger partial charge in [0.05, 0.1) is 25.3 Å². The van der Waals surface area contributed by atoms with Gasteiger partial charge in [-0.2, -0.15) is 0 Å². The van der Waals surface area contributed by atoms with E-state index in [1.807, 2.05) is 36.4 Å². The van der Waals surface area contributed by atoms with Crippen molar-refractivity contribution in [3.05, 3.63) is 47.5 Å². The molecule has 0 radical (unpaired) electrons. The van der Waals surface area contributed by atoms with Gasteiger partial charge >= 0.3 is 5.97 Å². The summed E-state index contributed by atoms with van der Waals surface area (Å²) in [7, 11) is 1.63. The summed E-state index contributed by atoms with van der Waals surface area (Å²) in [5.41, 5.74) is 1.93. The van der Waals surface area contributed by atoms with Crippen LogP contribution in [0.1, 0.15) is 30.3 Å². The lowest BCUT2D eigenvalue weighted by Crippen LogP contribution is -2.41. The van der Waals surface area contributed by atoms with Crippen molar-refractivity contribution in [1.82, 2.24) is 15.2 Å². The SMILES string of the molecule is CCOC(=O)c1csc(NC(=O)C2CCCN(c3ccc(-c4ccc(OC)cc4)nn3)C2)n1. The molecule has 3 heterocycles. The first-order valence-corrected chi connectivity index (χ1v) is 11.6. The van der Waals surface area contributed by atoms with E-state index in [-0.39, 0.29) is 24.1 Å². The molecule has 10 heteroatoms. The third-order valence-corrected chi connectivity index (χ3v) is 6.13. The second kappa shape index (κ2) is 10.4. The van der Waals surface area contributed by atoms with Gasteiger partial charge < -0.3 is 19.7 Å². The number of amides is 1. The zero-order valence-corrected chi connectivity index (χ0v) is 19.3. The van der Waals surface area contributed by atoms with Gasteiger partial charge in [0, 0.05) is 24.0 Å². The minimum atomic E-state index is -0.491. The Morgan fingerprint density at radius 2 is 2.00 bits per heavy atom. The Morgan fingerprint density at radius 1 is 1.18 bits per heavy atom. The Labute approximate surface area is 195 Å². The number of aromatic nitrogens is 3. The van der Waals surface area contributed by atoms with E-state index in [0.29, 0.717) is 11.7 Å². The van der Waals surface area contributed by atoms with Crippen LogP contribution in [0.25, 0.3) is 11.3 Å². The molecule has 1 N–H and O–H groups in total. The maximum absolute atomic E-state index is 12.8. The van der Waals surface area contributed by atoms with Crippen LogP contribution in [0.2, 0.25) is 0 Å². The number of anilines is 2. The van der Waals surface area contributed by atoms with Gasteiger partial charge in [0.2, 0.25) is 5.91 Å². The molecule has 9 nitrogen and oxygen atoms in total. The summed E-state index contributed by atoms with van der Waals surface area (Å²) < 4.78 is 10.1. The van der Waals surface area contributed by atoms with Crippen molar-refractivity contribution in [2.24, 2.45) is 5.92 Å². The second-order valence-corrected chi connectivity index (χ2v) is 8.40. The molecule has 1 amide bonds. The molecule has 1 saturated heterocycles. The fraction of sp³-hybridized carbons (Fsp3) is 0.348. The molecule has 1 atom stereocenters. The summed E-state index contributed by atoms with van der Waals surface area (Å²) in [6.45, 7) is 3.36. The van der Waals surface area contributed by atoms with E-state index in [1.165, 1.54) is 11.3 Å². The summed E-state index contributed by atoms with van der Waals surface area (Å²) in [5.74, 6) is 0.707. The van der Waals surface area contributed by atoms with Crippen LogP contribution in [-0.4, -0.2) is 53.9 Å². The zero-order chi connectivity index (χ0) is 23.2. The van der Waals surface area contributed by atoms with Crippen LogP contribution in [0.3, 0.4) is 0 Å². The number of thiazole rings is 1. The molecule has 4 rings (SSSR count). The molecular weight excluding hydrogens is 442 g/mol. The Hall–Kier alpha value is -3.53. The average Bonchev–Trinajstić information content (AvgIpc) is 3.33. The summed E-state index contributed by atoms with van der Waals surface area (Å²) in [6, 6.07) is 11.5. The molecule has 1 aromatic carbocycles. The van der Waals surface area contributed by atoms with Crippen molar-refractivity contribution in [2.45, 2.75) is 19.8 Å². The number of nitrogens with zero attached hydrogens (tertiary/aromatic N) is 4.